The van der Waals surface area contributed by atoms with Gasteiger partial charge < -0.3 is 4.57 Å². The van der Waals surface area contributed by atoms with Gasteiger partial charge in [-0.1, -0.05) is 0 Å². The Labute approximate surface area is 96.6 Å². The molecule has 84 valence electrons. The summed E-state index contributed by atoms with van der Waals surface area (Å²) in [6.07, 6.45) is 0. The molecule has 7 nitrogen and oxygen atoms in total. The quantitative estimate of drug-likeness (QED) is 0.745. The van der Waals surface area contributed by atoms with Gasteiger partial charge in [0, 0.05) is 0 Å². The van der Waals surface area contributed by atoms with Crippen LogP contribution in [0.5, 0.6) is 0 Å². The van der Waals surface area contributed by atoms with Crippen molar-refractivity contribution < 1.29 is 4.79 Å². The predicted octanol–water partition coefficient (Wildman–Crippen LogP) is -0.236. The monoisotopic (exact) mass is 286 g/mol. The Morgan fingerprint density at radius 2 is 2.12 bits per heavy atom. The van der Waals surface area contributed by atoms with Gasteiger partial charge in [-0.15, -0.1) is 0 Å². The van der Waals surface area contributed by atoms with E-state index in [1.807, 2.05) is 0 Å². The molecule has 2 heterocycles. The van der Waals surface area contributed by atoms with E-state index in [-0.39, 0.29) is 23.5 Å². The topological polar surface area (TPSA) is 101 Å². The molecule has 2 N–H and O–H groups in total. The molecule has 0 aliphatic rings. The normalized spacial score (nSPS) is 10.9. The Hall–Kier alpha value is -1.70. The van der Waals surface area contributed by atoms with Crippen molar-refractivity contribution in [2.45, 2.75) is 13.5 Å². The number of carbonyl (C=O) groups is 1. The van der Waals surface area contributed by atoms with Crippen LogP contribution in [0.1, 0.15) is 6.92 Å². The first kappa shape index (κ1) is 10.8. The van der Waals surface area contributed by atoms with E-state index in [4.69, 9.17) is 0 Å². The number of fused-ring (bicyclic) bond motifs is 1. The summed E-state index contributed by atoms with van der Waals surface area (Å²) >= 11 is 3.12. The summed E-state index contributed by atoms with van der Waals surface area (Å²) in [4.78, 5) is 42.0. The van der Waals surface area contributed by atoms with Gasteiger partial charge in [-0.05, 0) is 22.9 Å². The van der Waals surface area contributed by atoms with Crippen molar-refractivity contribution in [3.05, 3.63) is 25.6 Å². The first-order valence-electron chi connectivity index (χ1n) is 4.37. The third-order valence-electron chi connectivity index (χ3n) is 1.98. The van der Waals surface area contributed by atoms with Gasteiger partial charge in [0.25, 0.3) is 5.56 Å². The lowest BCUT2D eigenvalue weighted by molar-refractivity contribution is -0.117. The van der Waals surface area contributed by atoms with Crippen LogP contribution in [0.2, 0.25) is 0 Å². The van der Waals surface area contributed by atoms with Gasteiger partial charge >= 0.3 is 5.69 Å². The van der Waals surface area contributed by atoms with Gasteiger partial charge in [0.2, 0.25) is 0 Å². The number of hydrogen-bond acceptors (Lipinski definition) is 4. The Bertz CT molecular complexity index is 681. The number of ketones is 1. The van der Waals surface area contributed by atoms with Gasteiger partial charge in [-0.25, -0.2) is 9.78 Å². The van der Waals surface area contributed by atoms with Crippen LogP contribution in [-0.4, -0.2) is 25.3 Å². The summed E-state index contributed by atoms with van der Waals surface area (Å²) in [6, 6.07) is 0. The summed E-state index contributed by atoms with van der Waals surface area (Å²) in [5.41, 5.74) is -0.876. The molecular formula is C8H7BrN4O3. The Morgan fingerprint density at radius 3 is 2.75 bits per heavy atom. The van der Waals surface area contributed by atoms with Crippen LogP contribution >= 0.6 is 15.9 Å². The molecule has 2 aromatic rings. The lowest BCUT2D eigenvalue weighted by atomic mass is 10.4. The zero-order valence-corrected chi connectivity index (χ0v) is 9.79. The Balaban J connectivity index is 2.84. The minimum absolute atomic E-state index is 0.0200. The predicted molar refractivity (Wildman–Crippen MR) is 59.4 cm³/mol. The van der Waals surface area contributed by atoms with E-state index in [9.17, 15) is 14.4 Å². The summed E-state index contributed by atoms with van der Waals surface area (Å²) in [7, 11) is 0. The molecule has 0 aromatic carbocycles. The number of aromatic nitrogens is 4. The highest BCUT2D eigenvalue weighted by Crippen LogP contribution is 2.14. The second kappa shape index (κ2) is 3.71. The highest BCUT2D eigenvalue weighted by Gasteiger charge is 2.14. The van der Waals surface area contributed by atoms with Gasteiger partial charge in [0.15, 0.2) is 15.9 Å². The Kier molecular flexibility index (Phi) is 2.50. The first-order chi connectivity index (χ1) is 7.49. The molecule has 0 radical (unpaired) electrons. The minimum Gasteiger partial charge on any atom is -0.305 e. The third kappa shape index (κ3) is 1.71. The number of nitrogens with one attached hydrogen (secondary N) is 2. The van der Waals surface area contributed by atoms with E-state index >= 15 is 0 Å². The summed E-state index contributed by atoms with van der Waals surface area (Å²) in [5, 5.41) is 0. The highest BCUT2D eigenvalue weighted by molar-refractivity contribution is 9.10. The van der Waals surface area contributed by atoms with Crippen LogP contribution in [0.25, 0.3) is 11.2 Å². The first-order valence-corrected chi connectivity index (χ1v) is 5.16. The number of carbonyl (C=O) groups excluding carboxylic acids is 1. The summed E-state index contributed by atoms with van der Waals surface area (Å²) < 4.78 is 1.72. The van der Waals surface area contributed by atoms with Crippen LogP contribution in [0.4, 0.5) is 0 Å². The van der Waals surface area contributed by atoms with Crippen molar-refractivity contribution in [2.75, 3.05) is 0 Å². The molecule has 0 amide bonds. The van der Waals surface area contributed by atoms with E-state index < -0.39 is 11.2 Å². The number of imidazole rings is 1. The van der Waals surface area contributed by atoms with E-state index in [2.05, 4.69) is 30.9 Å². The van der Waals surface area contributed by atoms with Crippen molar-refractivity contribution in [2.24, 2.45) is 0 Å². The number of nitrogens with zero attached hydrogens (tertiary/aromatic N) is 2. The summed E-state index contributed by atoms with van der Waals surface area (Å²) in [6.45, 7) is 1.42. The molecule has 0 aliphatic carbocycles. The van der Waals surface area contributed by atoms with Gasteiger partial charge in [0.1, 0.15) is 5.78 Å². The third-order valence-corrected chi connectivity index (χ3v) is 2.58. The number of aromatic amines is 2. The van der Waals surface area contributed by atoms with Gasteiger partial charge in [-0.3, -0.25) is 19.6 Å². The molecule has 0 atom stereocenters. The largest absolute Gasteiger partial charge is 0.327 e. The molecule has 16 heavy (non-hydrogen) atoms. The smallest absolute Gasteiger partial charge is 0.305 e. The van der Waals surface area contributed by atoms with Crippen molar-refractivity contribution >= 4 is 32.9 Å². The molecule has 0 spiro atoms. The van der Waals surface area contributed by atoms with E-state index in [0.29, 0.717) is 4.73 Å². The second-order valence-electron chi connectivity index (χ2n) is 3.27. The standard InChI is InChI=1S/C8H7BrN4O3/c1-3(14)2-13-4-5(10-7(13)9)11-8(16)12-6(4)15/h2H2,1H3,(H2,11,12,15,16). The molecule has 0 saturated heterocycles. The van der Waals surface area contributed by atoms with Crippen molar-refractivity contribution in [1.82, 2.24) is 19.5 Å². The number of Topliss-reactive ketones (excluding diaryl/α,β-unsaturated/α-hetero) is 1. The van der Waals surface area contributed by atoms with E-state index in [1.165, 1.54) is 11.5 Å². The van der Waals surface area contributed by atoms with E-state index in [1.54, 1.807) is 0 Å². The van der Waals surface area contributed by atoms with E-state index in [0.717, 1.165) is 0 Å². The number of halogens is 1. The zero-order chi connectivity index (χ0) is 11.9. The zero-order valence-electron chi connectivity index (χ0n) is 8.20. The minimum atomic E-state index is -0.627. The lowest BCUT2D eigenvalue weighted by Gasteiger charge is -2.00. The maximum absolute atomic E-state index is 11.5. The Morgan fingerprint density at radius 1 is 1.44 bits per heavy atom. The van der Waals surface area contributed by atoms with Crippen LogP contribution < -0.4 is 11.2 Å². The van der Waals surface area contributed by atoms with Crippen LogP contribution in [0, 0.1) is 0 Å². The average molecular weight is 287 g/mol. The second-order valence-corrected chi connectivity index (χ2v) is 3.98. The molecule has 2 rings (SSSR count). The van der Waals surface area contributed by atoms with Crippen molar-refractivity contribution in [1.29, 1.82) is 0 Å². The van der Waals surface area contributed by atoms with Crippen molar-refractivity contribution in [3.63, 3.8) is 0 Å². The lowest BCUT2D eigenvalue weighted by Crippen LogP contribution is -2.24. The van der Waals surface area contributed by atoms with Crippen LogP contribution in [0.3, 0.4) is 0 Å². The fraction of sp³-hybridized carbons (Fsp3) is 0.250. The maximum Gasteiger partial charge on any atom is 0.327 e. The molecule has 0 bridgehead atoms. The highest BCUT2D eigenvalue weighted by atomic mass is 79.9. The number of H-pyrrole nitrogens is 2. The van der Waals surface area contributed by atoms with Crippen molar-refractivity contribution in [3.8, 4) is 0 Å². The van der Waals surface area contributed by atoms with Crippen LogP contribution in [-0.2, 0) is 11.3 Å². The SMILES string of the molecule is CC(=O)Cn1c(Br)nc2[nH]c(=O)[nH]c(=O)c21. The molecule has 0 aliphatic heterocycles. The molecule has 8 heteroatoms. The molecule has 0 saturated carbocycles. The average Bonchev–Trinajstić information content (AvgIpc) is 2.41. The maximum atomic E-state index is 11.5. The van der Waals surface area contributed by atoms with Gasteiger partial charge in [0.05, 0.1) is 6.54 Å². The molecular weight excluding hydrogens is 280 g/mol. The fourth-order valence-electron chi connectivity index (χ4n) is 1.41. The number of rotatable bonds is 2. The van der Waals surface area contributed by atoms with Crippen LogP contribution in [0.15, 0.2) is 14.3 Å². The number of hydrogen-bond donors (Lipinski definition) is 2. The fourth-order valence-corrected chi connectivity index (χ4v) is 1.89. The molecule has 0 fully saturated rings. The molecule has 2 aromatic heterocycles. The summed E-state index contributed by atoms with van der Waals surface area (Å²) in [5.74, 6) is -0.120. The van der Waals surface area contributed by atoms with Gasteiger partial charge in [-0.2, -0.15) is 0 Å². The molecule has 0 unspecified atom stereocenters.